The van der Waals surface area contributed by atoms with Gasteiger partial charge in [0.2, 0.25) is 0 Å². The standard InChI is InChI=1S/C12H22N2O4/c15-7-9-18-8-6-13-11(16)12(17)14-10-4-2-1-3-5-10/h10,15H,1-9H2,(H,13,16)(H,14,17). The highest BCUT2D eigenvalue weighted by Crippen LogP contribution is 2.17. The minimum Gasteiger partial charge on any atom is -0.394 e. The van der Waals surface area contributed by atoms with E-state index in [1.165, 1.54) is 6.42 Å². The van der Waals surface area contributed by atoms with Crippen LogP contribution in [0.2, 0.25) is 0 Å². The molecule has 18 heavy (non-hydrogen) atoms. The molecule has 0 aromatic rings. The van der Waals surface area contributed by atoms with Gasteiger partial charge in [-0.15, -0.1) is 0 Å². The minimum absolute atomic E-state index is 0.0455. The molecule has 0 bridgehead atoms. The molecule has 0 radical (unpaired) electrons. The molecular weight excluding hydrogens is 236 g/mol. The van der Waals surface area contributed by atoms with E-state index in [1.807, 2.05) is 0 Å². The Kier molecular flexibility index (Phi) is 7.36. The van der Waals surface area contributed by atoms with Gasteiger partial charge in [-0.3, -0.25) is 9.59 Å². The molecule has 1 saturated carbocycles. The van der Waals surface area contributed by atoms with Crippen molar-refractivity contribution in [1.29, 1.82) is 0 Å². The summed E-state index contributed by atoms with van der Waals surface area (Å²) in [5, 5.41) is 13.7. The minimum atomic E-state index is -0.617. The Morgan fingerprint density at radius 2 is 1.83 bits per heavy atom. The second-order valence-corrected chi connectivity index (χ2v) is 4.40. The molecule has 2 amide bonds. The van der Waals surface area contributed by atoms with Crippen LogP contribution in [0, 0.1) is 0 Å². The van der Waals surface area contributed by atoms with E-state index in [4.69, 9.17) is 9.84 Å². The Labute approximate surface area is 107 Å². The number of amides is 2. The van der Waals surface area contributed by atoms with Crippen LogP contribution in [0.25, 0.3) is 0 Å². The number of hydrogen-bond acceptors (Lipinski definition) is 4. The van der Waals surface area contributed by atoms with Crippen molar-refractivity contribution < 1.29 is 19.4 Å². The highest BCUT2D eigenvalue weighted by molar-refractivity contribution is 6.35. The molecule has 0 spiro atoms. The fraction of sp³-hybridized carbons (Fsp3) is 0.833. The van der Waals surface area contributed by atoms with E-state index in [0.717, 1.165) is 25.7 Å². The van der Waals surface area contributed by atoms with Gasteiger partial charge < -0.3 is 20.5 Å². The predicted molar refractivity (Wildman–Crippen MR) is 65.9 cm³/mol. The monoisotopic (exact) mass is 258 g/mol. The lowest BCUT2D eigenvalue weighted by atomic mass is 9.95. The van der Waals surface area contributed by atoms with Crippen LogP contribution >= 0.6 is 0 Å². The summed E-state index contributed by atoms with van der Waals surface area (Å²) < 4.78 is 4.97. The molecule has 0 aromatic heterocycles. The van der Waals surface area contributed by atoms with Crippen molar-refractivity contribution >= 4 is 11.8 Å². The van der Waals surface area contributed by atoms with Gasteiger partial charge in [-0.1, -0.05) is 19.3 Å². The van der Waals surface area contributed by atoms with Crippen molar-refractivity contribution in [3.63, 3.8) is 0 Å². The molecule has 0 saturated heterocycles. The average molecular weight is 258 g/mol. The summed E-state index contributed by atoms with van der Waals surface area (Å²) >= 11 is 0. The van der Waals surface area contributed by atoms with E-state index in [1.54, 1.807) is 0 Å². The van der Waals surface area contributed by atoms with E-state index in [-0.39, 0.29) is 25.8 Å². The summed E-state index contributed by atoms with van der Waals surface area (Å²) in [4.78, 5) is 22.9. The molecular formula is C12H22N2O4. The number of hydrogen-bond donors (Lipinski definition) is 3. The van der Waals surface area contributed by atoms with Gasteiger partial charge in [-0.25, -0.2) is 0 Å². The lowest BCUT2D eigenvalue weighted by Crippen LogP contribution is -2.45. The molecule has 0 unspecified atom stereocenters. The lowest BCUT2D eigenvalue weighted by Gasteiger charge is -2.22. The first-order valence-electron chi connectivity index (χ1n) is 6.51. The number of ether oxygens (including phenoxy) is 1. The molecule has 0 aromatic carbocycles. The van der Waals surface area contributed by atoms with Crippen molar-refractivity contribution in [3.8, 4) is 0 Å². The van der Waals surface area contributed by atoms with Crippen LogP contribution in [0.5, 0.6) is 0 Å². The number of aliphatic hydroxyl groups is 1. The van der Waals surface area contributed by atoms with E-state index in [0.29, 0.717) is 6.61 Å². The van der Waals surface area contributed by atoms with Gasteiger partial charge in [-0.05, 0) is 12.8 Å². The third-order valence-corrected chi connectivity index (χ3v) is 2.91. The Hall–Kier alpha value is -1.14. The molecule has 1 aliphatic rings. The van der Waals surface area contributed by atoms with Crippen LogP contribution in [0.15, 0.2) is 0 Å². The maximum atomic E-state index is 11.5. The third kappa shape index (κ3) is 5.97. The van der Waals surface area contributed by atoms with Gasteiger partial charge in [0.25, 0.3) is 0 Å². The topological polar surface area (TPSA) is 87.7 Å². The van der Waals surface area contributed by atoms with Gasteiger partial charge in [0.1, 0.15) is 0 Å². The summed E-state index contributed by atoms with van der Waals surface area (Å²) in [6.07, 6.45) is 5.35. The van der Waals surface area contributed by atoms with Crippen LogP contribution < -0.4 is 10.6 Å². The maximum Gasteiger partial charge on any atom is 0.309 e. The van der Waals surface area contributed by atoms with Crippen LogP contribution in [-0.2, 0) is 14.3 Å². The van der Waals surface area contributed by atoms with E-state index in [9.17, 15) is 9.59 Å². The Morgan fingerprint density at radius 1 is 1.11 bits per heavy atom. The molecule has 104 valence electrons. The van der Waals surface area contributed by atoms with Gasteiger partial charge in [0, 0.05) is 12.6 Å². The normalized spacial score (nSPS) is 16.3. The van der Waals surface area contributed by atoms with Gasteiger partial charge in [0.05, 0.1) is 19.8 Å². The number of aliphatic hydroxyl groups excluding tert-OH is 1. The van der Waals surface area contributed by atoms with Crippen LogP contribution in [0.3, 0.4) is 0 Å². The predicted octanol–water partition coefficient (Wildman–Crippen LogP) is -0.440. The van der Waals surface area contributed by atoms with Gasteiger partial charge >= 0.3 is 11.8 Å². The summed E-state index contributed by atoms with van der Waals surface area (Å²) in [5.74, 6) is -1.18. The van der Waals surface area contributed by atoms with Crippen molar-refractivity contribution in [1.82, 2.24) is 10.6 Å². The van der Waals surface area contributed by atoms with Crippen molar-refractivity contribution in [2.75, 3.05) is 26.4 Å². The summed E-state index contributed by atoms with van der Waals surface area (Å²) in [6.45, 7) is 0.764. The van der Waals surface area contributed by atoms with Gasteiger partial charge in [-0.2, -0.15) is 0 Å². The zero-order valence-electron chi connectivity index (χ0n) is 10.6. The summed E-state index contributed by atoms with van der Waals surface area (Å²) in [6, 6.07) is 0.141. The molecule has 1 fully saturated rings. The Bertz CT molecular complexity index is 265. The second kappa shape index (κ2) is 8.88. The number of nitrogens with one attached hydrogen (secondary N) is 2. The molecule has 6 heteroatoms. The molecule has 3 N–H and O–H groups in total. The first-order valence-corrected chi connectivity index (χ1v) is 6.51. The van der Waals surface area contributed by atoms with Crippen molar-refractivity contribution in [2.45, 2.75) is 38.1 Å². The molecule has 0 atom stereocenters. The smallest absolute Gasteiger partial charge is 0.309 e. The molecule has 0 heterocycles. The molecule has 1 rings (SSSR count). The van der Waals surface area contributed by atoms with E-state index >= 15 is 0 Å². The van der Waals surface area contributed by atoms with Crippen molar-refractivity contribution in [3.05, 3.63) is 0 Å². The summed E-state index contributed by atoms with van der Waals surface area (Å²) in [7, 11) is 0. The lowest BCUT2D eigenvalue weighted by molar-refractivity contribution is -0.139. The first kappa shape index (κ1) is 14.9. The van der Waals surface area contributed by atoms with Crippen LogP contribution in [-0.4, -0.2) is 49.3 Å². The Morgan fingerprint density at radius 3 is 2.50 bits per heavy atom. The molecule has 6 nitrogen and oxygen atoms in total. The highest BCUT2D eigenvalue weighted by Gasteiger charge is 2.19. The fourth-order valence-corrected chi connectivity index (χ4v) is 1.98. The molecule has 1 aliphatic carbocycles. The fourth-order valence-electron chi connectivity index (χ4n) is 1.98. The first-order chi connectivity index (χ1) is 8.74. The zero-order chi connectivity index (χ0) is 13.2. The Balaban J connectivity index is 2.10. The van der Waals surface area contributed by atoms with Crippen LogP contribution in [0.1, 0.15) is 32.1 Å². The molecule has 0 aliphatic heterocycles. The highest BCUT2D eigenvalue weighted by atomic mass is 16.5. The SMILES string of the molecule is O=C(NCCOCCO)C(=O)NC1CCCCC1. The maximum absolute atomic E-state index is 11.5. The number of carbonyl (C=O) groups is 2. The third-order valence-electron chi connectivity index (χ3n) is 2.91. The summed E-state index contributed by atoms with van der Waals surface area (Å²) in [5.41, 5.74) is 0. The van der Waals surface area contributed by atoms with Crippen molar-refractivity contribution in [2.24, 2.45) is 0 Å². The van der Waals surface area contributed by atoms with E-state index in [2.05, 4.69) is 10.6 Å². The average Bonchev–Trinajstić information content (AvgIpc) is 2.39. The largest absolute Gasteiger partial charge is 0.394 e. The van der Waals surface area contributed by atoms with Crippen LogP contribution in [0.4, 0.5) is 0 Å². The zero-order valence-corrected chi connectivity index (χ0v) is 10.6. The van der Waals surface area contributed by atoms with Gasteiger partial charge in [0.15, 0.2) is 0 Å². The second-order valence-electron chi connectivity index (χ2n) is 4.40. The number of rotatable bonds is 6. The number of carbonyl (C=O) groups excluding carboxylic acids is 2. The quantitative estimate of drug-likeness (QED) is 0.445. The van der Waals surface area contributed by atoms with E-state index < -0.39 is 11.8 Å².